The molecule has 0 spiro atoms. The van der Waals surface area contributed by atoms with Crippen molar-refractivity contribution in [3.05, 3.63) is 66.2 Å². The second kappa shape index (κ2) is 6.47. The third-order valence-electron chi connectivity index (χ3n) is 6.37. The summed E-state index contributed by atoms with van der Waals surface area (Å²) < 4.78 is 18.7. The quantitative estimate of drug-likeness (QED) is 0.425. The number of para-hydroxylation sites is 1. The number of nitrogens with zero attached hydrogens (tertiary/aromatic N) is 1. The molecule has 5 rings (SSSR count). The normalized spacial score (nSPS) is 17.5. The van der Waals surface area contributed by atoms with Crippen LogP contribution in [0.3, 0.4) is 0 Å². The predicted octanol–water partition coefficient (Wildman–Crippen LogP) is 5.42. The maximum atomic E-state index is 9.06. The number of nitriles is 1. The van der Waals surface area contributed by atoms with Crippen molar-refractivity contribution in [2.24, 2.45) is 0 Å². The fraction of sp³-hybridized carbons (Fsp3) is 0.240. The van der Waals surface area contributed by atoms with Crippen LogP contribution in [0.25, 0.3) is 33.1 Å². The summed E-state index contributed by atoms with van der Waals surface area (Å²) in [7, 11) is -0.411. The first-order valence-electron chi connectivity index (χ1n) is 10.1. The summed E-state index contributed by atoms with van der Waals surface area (Å²) in [5.74, 6) is 0. The van der Waals surface area contributed by atoms with Gasteiger partial charge in [0.05, 0.1) is 22.8 Å². The van der Waals surface area contributed by atoms with Gasteiger partial charge >= 0.3 is 7.12 Å². The van der Waals surface area contributed by atoms with Crippen LogP contribution in [0, 0.1) is 11.3 Å². The predicted molar refractivity (Wildman–Crippen MR) is 120 cm³/mol. The van der Waals surface area contributed by atoms with Crippen molar-refractivity contribution in [1.29, 1.82) is 5.26 Å². The summed E-state index contributed by atoms with van der Waals surface area (Å²) in [6.45, 7) is 8.23. The van der Waals surface area contributed by atoms with Gasteiger partial charge in [-0.25, -0.2) is 0 Å². The highest BCUT2D eigenvalue weighted by Crippen LogP contribution is 2.38. The molecule has 1 aromatic heterocycles. The molecule has 5 heteroatoms. The van der Waals surface area contributed by atoms with Gasteiger partial charge in [0.25, 0.3) is 0 Å². The Morgan fingerprint density at radius 1 is 0.833 bits per heavy atom. The van der Waals surface area contributed by atoms with Crippen molar-refractivity contribution in [2.75, 3.05) is 0 Å². The van der Waals surface area contributed by atoms with E-state index in [2.05, 4.69) is 45.9 Å². The number of fused-ring (bicyclic) bond motifs is 3. The zero-order chi connectivity index (χ0) is 21.1. The van der Waals surface area contributed by atoms with E-state index in [1.54, 1.807) is 0 Å². The van der Waals surface area contributed by atoms with Crippen LogP contribution in [0.5, 0.6) is 0 Å². The number of hydrogen-bond acceptors (Lipinski definition) is 4. The fourth-order valence-electron chi connectivity index (χ4n) is 3.89. The zero-order valence-corrected chi connectivity index (χ0v) is 17.5. The molecular formula is C25H22BNO3. The van der Waals surface area contributed by atoms with Gasteiger partial charge in [-0.3, -0.25) is 0 Å². The first-order chi connectivity index (χ1) is 14.3. The van der Waals surface area contributed by atoms with Gasteiger partial charge in [-0.2, -0.15) is 5.26 Å². The van der Waals surface area contributed by atoms with Crippen LogP contribution in [0.4, 0.5) is 0 Å². The van der Waals surface area contributed by atoms with Crippen LogP contribution in [0.1, 0.15) is 33.3 Å². The molecule has 4 nitrogen and oxygen atoms in total. The molecule has 0 unspecified atom stereocenters. The number of rotatable bonds is 2. The average Bonchev–Trinajstić information content (AvgIpc) is 3.21. The minimum Gasteiger partial charge on any atom is -0.455 e. The van der Waals surface area contributed by atoms with Crippen molar-refractivity contribution < 1.29 is 13.7 Å². The first-order valence-corrected chi connectivity index (χ1v) is 10.1. The van der Waals surface area contributed by atoms with Gasteiger partial charge in [-0.15, -0.1) is 0 Å². The van der Waals surface area contributed by atoms with E-state index in [0.29, 0.717) is 5.56 Å². The molecule has 30 heavy (non-hydrogen) atoms. The van der Waals surface area contributed by atoms with Crippen LogP contribution < -0.4 is 5.46 Å². The standard InChI is InChI=1S/C25H22BNO3/c1-24(2)25(3,4)30-26(29-24)18-12-13-22-21(14-18)20-7-5-6-19(23(20)28-22)17-10-8-16(15-27)9-11-17/h5-14H,1-4H3. The molecule has 1 aliphatic rings. The van der Waals surface area contributed by atoms with Gasteiger partial charge in [-0.1, -0.05) is 42.5 Å². The largest absolute Gasteiger partial charge is 0.494 e. The van der Waals surface area contributed by atoms with Crippen molar-refractivity contribution in [3.8, 4) is 17.2 Å². The summed E-state index contributed by atoms with van der Waals surface area (Å²) in [6.07, 6.45) is 0. The molecule has 0 radical (unpaired) electrons. The summed E-state index contributed by atoms with van der Waals surface area (Å²) in [4.78, 5) is 0. The Morgan fingerprint density at radius 3 is 2.20 bits per heavy atom. The molecule has 0 aliphatic carbocycles. The van der Waals surface area contributed by atoms with Crippen LogP contribution in [0.2, 0.25) is 0 Å². The topological polar surface area (TPSA) is 55.4 Å². The molecule has 1 fully saturated rings. The lowest BCUT2D eigenvalue weighted by Gasteiger charge is -2.32. The van der Waals surface area contributed by atoms with Gasteiger partial charge in [0.2, 0.25) is 0 Å². The molecule has 0 amide bonds. The lowest BCUT2D eigenvalue weighted by atomic mass is 9.78. The second-order valence-electron chi connectivity index (χ2n) is 8.82. The summed E-state index contributed by atoms with van der Waals surface area (Å²) in [6, 6.07) is 22.0. The van der Waals surface area contributed by atoms with E-state index in [0.717, 1.165) is 38.5 Å². The van der Waals surface area contributed by atoms with Crippen molar-refractivity contribution in [2.45, 2.75) is 38.9 Å². The minimum absolute atomic E-state index is 0.381. The van der Waals surface area contributed by atoms with Gasteiger partial charge in [0.1, 0.15) is 11.2 Å². The van der Waals surface area contributed by atoms with Crippen LogP contribution in [-0.4, -0.2) is 18.3 Å². The molecule has 1 saturated heterocycles. The SMILES string of the molecule is CC1(C)OB(c2ccc3oc4c(-c5ccc(C#N)cc5)cccc4c3c2)OC1(C)C. The van der Waals surface area contributed by atoms with E-state index in [9.17, 15) is 0 Å². The Labute approximate surface area is 176 Å². The second-order valence-corrected chi connectivity index (χ2v) is 8.82. The average molecular weight is 395 g/mol. The van der Waals surface area contributed by atoms with Gasteiger partial charge in [-0.05, 0) is 56.9 Å². The van der Waals surface area contributed by atoms with E-state index in [1.807, 2.05) is 48.5 Å². The van der Waals surface area contributed by atoms with E-state index in [4.69, 9.17) is 19.0 Å². The molecule has 0 bridgehead atoms. The Morgan fingerprint density at radius 2 is 1.53 bits per heavy atom. The molecule has 4 aromatic rings. The highest BCUT2D eigenvalue weighted by Gasteiger charge is 2.51. The molecule has 0 saturated carbocycles. The van der Waals surface area contributed by atoms with Crippen molar-refractivity contribution >= 4 is 34.5 Å². The van der Waals surface area contributed by atoms with E-state index in [-0.39, 0.29) is 11.2 Å². The molecule has 2 heterocycles. The molecule has 148 valence electrons. The Bertz CT molecular complexity index is 1300. The van der Waals surface area contributed by atoms with Gasteiger partial charge < -0.3 is 13.7 Å². The number of furan rings is 1. The van der Waals surface area contributed by atoms with Crippen LogP contribution in [-0.2, 0) is 9.31 Å². The van der Waals surface area contributed by atoms with E-state index >= 15 is 0 Å². The van der Waals surface area contributed by atoms with Crippen molar-refractivity contribution in [1.82, 2.24) is 0 Å². The molecule has 1 aliphatic heterocycles. The minimum atomic E-state index is -0.411. The lowest BCUT2D eigenvalue weighted by Crippen LogP contribution is -2.41. The van der Waals surface area contributed by atoms with Crippen LogP contribution in [0.15, 0.2) is 65.1 Å². The Balaban J connectivity index is 1.62. The smallest absolute Gasteiger partial charge is 0.455 e. The fourth-order valence-corrected chi connectivity index (χ4v) is 3.89. The zero-order valence-electron chi connectivity index (χ0n) is 17.5. The highest BCUT2D eigenvalue weighted by atomic mass is 16.7. The van der Waals surface area contributed by atoms with Gasteiger partial charge in [0, 0.05) is 16.3 Å². The summed E-state index contributed by atoms with van der Waals surface area (Å²) in [5, 5.41) is 11.1. The third-order valence-corrected chi connectivity index (χ3v) is 6.37. The molecule has 0 atom stereocenters. The highest BCUT2D eigenvalue weighted by molar-refractivity contribution is 6.62. The maximum Gasteiger partial charge on any atom is 0.494 e. The van der Waals surface area contributed by atoms with Crippen molar-refractivity contribution in [3.63, 3.8) is 0 Å². The molecule has 3 aromatic carbocycles. The first kappa shape index (κ1) is 18.9. The summed E-state index contributed by atoms with van der Waals surface area (Å²) in [5.41, 5.74) is 4.54. The number of benzene rings is 3. The van der Waals surface area contributed by atoms with E-state index in [1.165, 1.54) is 0 Å². The molecule has 0 N–H and O–H groups in total. The molecular weight excluding hydrogens is 373 g/mol. The summed E-state index contributed by atoms with van der Waals surface area (Å²) >= 11 is 0. The maximum absolute atomic E-state index is 9.06. The monoisotopic (exact) mass is 395 g/mol. The van der Waals surface area contributed by atoms with Crippen LogP contribution >= 0.6 is 0 Å². The van der Waals surface area contributed by atoms with Gasteiger partial charge in [0.15, 0.2) is 0 Å². The Kier molecular flexibility index (Phi) is 4.08. The lowest BCUT2D eigenvalue weighted by molar-refractivity contribution is 0.00578. The van der Waals surface area contributed by atoms with E-state index < -0.39 is 7.12 Å². The Hall–Kier alpha value is -3.07. The third kappa shape index (κ3) is 2.84. The number of hydrogen-bond donors (Lipinski definition) is 0.